The first-order chi connectivity index (χ1) is 6.36. The van der Waals surface area contributed by atoms with Crippen LogP contribution in [0.4, 0.5) is 10.1 Å². The summed E-state index contributed by atoms with van der Waals surface area (Å²) in [6, 6.07) is 1.79. The van der Waals surface area contributed by atoms with Crippen LogP contribution in [0, 0.1) is 5.82 Å². The lowest BCUT2D eigenvalue weighted by Crippen LogP contribution is -2.14. The molecule has 0 saturated heterocycles. The van der Waals surface area contributed by atoms with E-state index in [1.165, 1.54) is 7.11 Å². The lowest BCUT2D eigenvalue weighted by atomic mass is 10.3. The van der Waals surface area contributed by atoms with E-state index >= 15 is 0 Å². The fraction of sp³-hybridized carbons (Fsp3) is 0.143. The van der Waals surface area contributed by atoms with E-state index in [4.69, 9.17) is 10.9 Å². The highest BCUT2D eigenvalue weighted by Gasteiger charge is 2.16. The first-order valence-electron chi connectivity index (χ1n) is 3.52. The smallest absolute Gasteiger partial charge is 0.240 e. The Hall–Kier alpha value is -1.34. The van der Waals surface area contributed by atoms with Gasteiger partial charge in [0.1, 0.15) is 4.90 Å². The van der Waals surface area contributed by atoms with Crippen molar-refractivity contribution in [3.63, 3.8) is 0 Å². The van der Waals surface area contributed by atoms with Gasteiger partial charge in [-0.15, -0.1) is 0 Å². The zero-order chi connectivity index (χ0) is 10.9. The summed E-state index contributed by atoms with van der Waals surface area (Å²) in [5, 5.41) is 4.80. The molecule has 0 atom stereocenters. The largest absolute Gasteiger partial charge is 0.494 e. The molecule has 0 amide bonds. The van der Waals surface area contributed by atoms with Gasteiger partial charge in [-0.1, -0.05) is 0 Å². The minimum Gasteiger partial charge on any atom is -0.494 e. The molecule has 1 rings (SSSR count). The van der Waals surface area contributed by atoms with Gasteiger partial charge in [0.15, 0.2) is 11.6 Å². The van der Waals surface area contributed by atoms with Gasteiger partial charge in [0.25, 0.3) is 0 Å². The third-order valence-electron chi connectivity index (χ3n) is 1.59. The van der Waals surface area contributed by atoms with Crippen LogP contribution >= 0.6 is 0 Å². The van der Waals surface area contributed by atoms with Crippen LogP contribution in [-0.2, 0) is 10.0 Å². The molecule has 1 aromatic rings. The lowest BCUT2D eigenvalue weighted by Gasteiger charge is -2.06. The Labute approximate surface area is 80.5 Å². The highest BCUT2D eigenvalue weighted by Crippen LogP contribution is 2.26. The van der Waals surface area contributed by atoms with Gasteiger partial charge in [-0.2, -0.15) is 0 Å². The molecule has 0 aliphatic heterocycles. The minimum absolute atomic E-state index is 0.130. The number of hydrogen-bond donors (Lipinski definition) is 2. The molecule has 0 radical (unpaired) electrons. The topological polar surface area (TPSA) is 95.4 Å². The highest BCUT2D eigenvalue weighted by molar-refractivity contribution is 7.89. The van der Waals surface area contributed by atoms with Gasteiger partial charge in [0.05, 0.1) is 12.8 Å². The first-order valence-corrected chi connectivity index (χ1v) is 5.06. The molecule has 0 saturated carbocycles. The average Bonchev–Trinajstić information content (AvgIpc) is 2.06. The number of methoxy groups -OCH3 is 1. The molecule has 7 heteroatoms. The van der Waals surface area contributed by atoms with Gasteiger partial charge in [0.2, 0.25) is 10.0 Å². The maximum absolute atomic E-state index is 13.1. The van der Waals surface area contributed by atoms with Crippen molar-refractivity contribution in [1.82, 2.24) is 0 Å². The Morgan fingerprint density at radius 2 is 2.00 bits per heavy atom. The number of rotatable bonds is 2. The Balaban J connectivity index is 3.44. The van der Waals surface area contributed by atoms with Gasteiger partial charge in [-0.3, -0.25) is 0 Å². The number of ether oxygens (including phenoxy) is 1. The van der Waals surface area contributed by atoms with Crippen molar-refractivity contribution >= 4 is 15.7 Å². The predicted octanol–water partition coefficient (Wildman–Crippen LogP) is 0.0639. The zero-order valence-corrected chi connectivity index (χ0v) is 8.14. The normalized spacial score (nSPS) is 11.4. The maximum Gasteiger partial charge on any atom is 0.240 e. The summed E-state index contributed by atoms with van der Waals surface area (Å²) < 4.78 is 39.5. The average molecular weight is 220 g/mol. The van der Waals surface area contributed by atoms with Crippen molar-refractivity contribution in [3.05, 3.63) is 17.9 Å². The van der Waals surface area contributed by atoms with Crippen molar-refractivity contribution in [2.24, 2.45) is 5.14 Å². The molecule has 0 aliphatic carbocycles. The van der Waals surface area contributed by atoms with Gasteiger partial charge in [-0.25, -0.2) is 17.9 Å². The van der Waals surface area contributed by atoms with Crippen molar-refractivity contribution in [3.8, 4) is 5.75 Å². The molecule has 1 aromatic carbocycles. The fourth-order valence-corrected chi connectivity index (χ4v) is 1.61. The van der Waals surface area contributed by atoms with E-state index < -0.39 is 20.7 Å². The second kappa shape index (κ2) is 3.43. The van der Waals surface area contributed by atoms with Crippen LogP contribution in [0.1, 0.15) is 0 Å². The Morgan fingerprint density at radius 3 is 2.43 bits per heavy atom. The number of sulfonamides is 1. The summed E-state index contributed by atoms with van der Waals surface area (Å²) in [6.45, 7) is 0. The molecule has 14 heavy (non-hydrogen) atoms. The van der Waals surface area contributed by atoms with Gasteiger partial charge in [-0.05, 0) is 6.07 Å². The molecule has 0 fully saturated rings. The zero-order valence-electron chi connectivity index (χ0n) is 7.32. The number of nitrogen functional groups attached to an aromatic ring is 1. The molecular formula is C7H9FN2O3S. The second-order valence-electron chi connectivity index (χ2n) is 2.57. The number of hydrogen-bond acceptors (Lipinski definition) is 4. The van der Waals surface area contributed by atoms with Gasteiger partial charge >= 0.3 is 0 Å². The molecule has 5 nitrogen and oxygen atoms in total. The summed E-state index contributed by atoms with van der Waals surface area (Å²) in [6.07, 6.45) is 0. The van der Waals surface area contributed by atoms with E-state index in [-0.39, 0.29) is 11.4 Å². The van der Waals surface area contributed by atoms with E-state index in [9.17, 15) is 12.8 Å². The van der Waals surface area contributed by atoms with E-state index in [0.717, 1.165) is 12.1 Å². The Morgan fingerprint density at radius 1 is 1.43 bits per heavy atom. The lowest BCUT2D eigenvalue weighted by molar-refractivity contribution is 0.386. The number of halogens is 1. The molecule has 0 aliphatic rings. The van der Waals surface area contributed by atoms with Crippen LogP contribution < -0.4 is 15.6 Å². The first kappa shape index (κ1) is 10.7. The number of primary sulfonamides is 1. The van der Waals surface area contributed by atoms with Crippen LogP contribution in [0.15, 0.2) is 17.0 Å². The van der Waals surface area contributed by atoms with Crippen LogP contribution in [0.3, 0.4) is 0 Å². The molecule has 78 valence electrons. The van der Waals surface area contributed by atoms with Crippen molar-refractivity contribution in [1.29, 1.82) is 0 Å². The highest BCUT2D eigenvalue weighted by atomic mass is 32.2. The summed E-state index contributed by atoms with van der Waals surface area (Å²) >= 11 is 0. The molecular weight excluding hydrogens is 211 g/mol. The molecule has 4 N–H and O–H groups in total. The van der Waals surface area contributed by atoms with E-state index in [1.54, 1.807) is 0 Å². The SMILES string of the molecule is COc1cc(N)c(S(N)(=O)=O)cc1F. The minimum atomic E-state index is -4.00. The molecule has 0 heterocycles. The molecule has 0 spiro atoms. The number of nitrogens with two attached hydrogens (primary N) is 2. The Bertz CT molecular complexity index is 458. The van der Waals surface area contributed by atoms with Crippen LogP contribution in [0.2, 0.25) is 0 Å². The summed E-state index contributed by atoms with van der Waals surface area (Å²) in [5.41, 5.74) is 5.20. The van der Waals surface area contributed by atoms with E-state index in [2.05, 4.69) is 4.74 Å². The van der Waals surface area contributed by atoms with E-state index in [0.29, 0.717) is 0 Å². The standard InChI is InChI=1S/C7H9FN2O3S/c1-13-6-3-5(9)7(2-4(6)8)14(10,11)12/h2-3H,9H2,1H3,(H2,10,11,12). The number of anilines is 1. The molecule has 0 bridgehead atoms. The third kappa shape index (κ3) is 1.94. The van der Waals surface area contributed by atoms with E-state index in [1.807, 2.05) is 0 Å². The van der Waals surface area contributed by atoms with Crippen molar-refractivity contribution < 1.29 is 17.5 Å². The van der Waals surface area contributed by atoms with Crippen molar-refractivity contribution in [2.75, 3.05) is 12.8 Å². The number of benzene rings is 1. The monoisotopic (exact) mass is 220 g/mol. The predicted molar refractivity (Wildman–Crippen MR) is 48.7 cm³/mol. The summed E-state index contributed by atoms with van der Waals surface area (Å²) in [5.74, 6) is -0.958. The van der Waals surface area contributed by atoms with Crippen LogP contribution in [0.5, 0.6) is 5.75 Å². The van der Waals surface area contributed by atoms with Gasteiger partial charge in [0, 0.05) is 6.07 Å². The Kier molecular flexibility index (Phi) is 2.63. The molecule has 0 unspecified atom stereocenters. The second-order valence-corrected chi connectivity index (χ2v) is 4.10. The fourth-order valence-electron chi connectivity index (χ4n) is 0.954. The summed E-state index contributed by atoms with van der Waals surface area (Å²) in [7, 11) is -2.76. The quantitative estimate of drug-likeness (QED) is 0.689. The van der Waals surface area contributed by atoms with Crippen LogP contribution in [-0.4, -0.2) is 15.5 Å². The van der Waals surface area contributed by atoms with Gasteiger partial charge < -0.3 is 10.5 Å². The summed E-state index contributed by atoms with van der Waals surface area (Å²) in [4.78, 5) is -0.448. The third-order valence-corrected chi connectivity index (χ3v) is 2.56. The van der Waals surface area contributed by atoms with Crippen molar-refractivity contribution in [2.45, 2.75) is 4.90 Å². The molecule has 0 aromatic heterocycles. The van der Waals surface area contributed by atoms with Crippen LogP contribution in [0.25, 0.3) is 0 Å². The maximum atomic E-state index is 13.1.